The molecule has 1 aliphatic rings. The van der Waals surface area contributed by atoms with Crippen molar-refractivity contribution in [1.82, 2.24) is 9.62 Å². The minimum absolute atomic E-state index is 0.142. The van der Waals surface area contributed by atoms with Gasteiger partial charge < -0.3 is 5.32 Å². The molecule has 8 heteroatoms. The van der Waals surface area contributed by atoms with Gasteiger partial charge in [-0.2, -0.15) is 0 Å². The molecule has 1 saturated heterocycles. The molecule has 0 saturated carbocycles. The first-order valence-corrected chi connectivity index (χ1v) is 13.9. The predicted octanol–water partition coefficient (Wildman–Crippen LogP) is 5.75. The van der Waals surface area contributed by atoms with E-state index < -0.39 is 15.9 Å². The van der Waals surface area contributed by atoms with Gasteiger partial charge in [0.1, 0.15) is 0 Å². The fourth-order valence-electron chi connectivity index (χ4n) is 4.50. The van der Waals surface area contributed by atoms with Gasteiger partial charge in [-0.15, -0.1) is 0 Å². The van der Waals surface area contributed by atoms with Crippen molar-refractivity contribution in [2.75, 3.05) is 13.1 Å². The molecule has 1 heterocycles. The second-order valence-electron chi connectivity index (χ2n) is 8.91. The monoisotopic (exact) mass is 530 g/mol. The van der Waals surface area contributed by atoms with Gasteiger partial charge in [-0.3, -0.25) is 4.79 Å². The molecule has 0 spiro atoms. The van der Waals surface area contributed by atoms with Crippen molar-refractivity contribution in [1.29, 1.82) is 0 Å². The number of hydrogen-bond donors (Lipinski definition) is 1. The number of rotatable bonds is 7. The quantitative estimate of drug-likeness (QED) is 0.422. The number of hydrogen-bond acceptors (Lipinski definition) is 3. The van der Waals surface area contributed by atoms with Crippen LogP contribution in [-0.2, 0) is 20.6 Å². The van der Waals surface area contributed by atoms with Gasteiger partial charge in [0, 0.05) is 13.1 Å². The van der Waals surface area contributed by atoms with Crippen LogP contribution < -0.4 is 5.32 Å². The lowest BCUT2D eigenvalue weighted by atomic mass is 9.93. The fourth-order valence-corrected chi connectivity index (χ4v) is 6.42. The molecule has 0 aromatic heterocycles. The molecule has 0 bridgehead atoms. The molecule has 0 aliphatic carbocycles. The van der Waals surface area contributed by atoms with E-state index >= 15 is 0 Å². The molecular formula is C27H28Cl2N2O3S. The Labute approximate surface area is 217 Å². The smallest absolute Gasteiger partial charge is 0.225 e. The van der Waals surface area contributed by atoms with Gasteiger partial charge in [0.15, 0.2) is 0 Å². The summed E-state index contributed by atoms with van der Waals surface area (Å²) in [7, 11) is -3.62. The second-order valence-corrected chi connectivity index (χ2v) is 11.7. The maximum absolute atomic E-state index is 13.4. The molecule has 1 N–H and O–H groups in total. The summed E-state index contributed by atoms with van der Waals surface area (Å²) < 4.78 is 27.7. The molecule has 35 heavy (non-hydrogen) atoms. The Morgan fingerprint density at radius 3 is 2.46 bits per heavy atom. The molecule has 2 atom stereocenters. The molecule has 1 amide bonds. The average Bonchev–Trinajstić information content (AvgIpc) is 2.86. The SMILES string of the molecule is Cc1ccccc1[C@H](NC(=O)[C@@H]1CCCN(S(=O)(=O)Cc2ccc(Cl)c(Cl)c2)C1)c1ccccc1. The van der Waals surface area contributed by atoms with Crippen LogP contribution in [0.4, 0.5) is 0 Å². The number of carbonyl (C=O) groups excluding carboxylic acids is 1. The molecule has 3 aromatic carbocycles. The topological polar surface area (TPSA) is 66.5 Å². The number of sulfonamides is 1. The largest absolute Gasteiger partial charge is 0.345 e. The molecule has 184 valence electrons. The van der Waals surface area contributed by atoms with Crippen LogP contribution in [0.3, 0.4) is 0 Å². The van der Waals surface area contributed by atoms with Crippen LogP contribution in [0.2, 0.25) is 10.0 Å². The third-order valence-electron chi connectivity index (χ3n) is 6.40. The van der Waals surface area contributed by atoms with Crippen molar-refractivity contribution in [3.63, 3.8) is 0 Å². The Morgan fingerprint density at radius 2 is 1.74 bits per heavy atom. The van der Waals surface area contributed by atoms with Crippen molar-refractivity contribution in [3.8, 4) is 0 Å². The van der Waals surface area contributed by atoms with E-state index in [0.29, 0.717) is 35.0 Å². The third-order valence-corrected chi connectivity index (χ3v) is 8.96. The molecule has 3 aromatic rings. The van der Waals surface area contributed by atoms with Gasteiger partial charge in [0.25, 0.3) is 0 Å². The maximum atomic E-state index is 13.4. The van der Waals surface area contributed by atoms with Crippen LogP contribution >= 0.6 is 23.2 Å². The summed E-state index contributed by atoms with van der Waals surface area (Å²) in [6.07, 6.45) is 1.26. The van der Waals surface area contributed by atoms with E-state index in [1.54, 1.807) is 18.2 Å². The molecule has 4 rings (SSSR count). The van der Waals surface area contributed by atoms with Gasteiger partial charge in [-0.1, -0.05) is 83.9 Å². The number of carbonyl (C=O) groups is 1. The van der Waals surface area contributed by atoms with Gasteiger partial charge in [-0.05, 0) is 54.2 Å². The highest BCUT2D eigenvalue weighted by Gasteiger charge is 2.33. The molecule has 0 unspecified atom stereocenters. The standard InChI is InChI=1S/C27H28Cl2N2O3S/c1-19-8-5-6-12-23(19)26(21-9-3-2-4-10-21)30-27(32)22-11-7-15-31(17-22)35(33,34)18-20-13-14-24(28)25(29)16-20/h2-6,8-10,12-14,16,22,26H,7,11,15,17-18H2,1H3,(H,30,32)/t22-,26-/m1/s1. The van der Waals surface area contributed by atoms with Gasteiger partial charge in [0.05, 0.1) is 27.8 Å². The lowest BCUT2D eigenvalue weighted by molar-refractivity contribution is -0.126. The molecular weight excluding hydrogens is 503 g/mol. The van der Waals surface area contributed by atoms with Crippen LogP contribution in [0.5, 0.6) is 0 Å². The summed E-state index contributed by atoms with van der Waals surface area (Å²) >= 11 is 12.0. The zero-order valence-electron chi connectivity index (χ0n) is 19.5. The van der Waals surface area contributed by atoms with E-state index in [9.17, 15) is 13.2 Å². The van der Waals surface area contributed by atoms with Crippen molar-refractivity contribution < 1.29 is 13.2 Å². The van der Waals surface area contributed by atoms with E-state index in [1.165, 1.54) is 4.31 Å². The maximum Gasteiger partial charge on any atom is 0.225 e. The Bertz CT molecular complexity index is 1300. The fraction of sp³-hybridized carbons (Fsp3) is 0.296. The van der Waals surface area contributed by atoms with Gasteiger partial charge in [0.2, 0.25) is 15.9 Å². The predicted molar refractivity (Wildman–Crippen MR) is 141 cm³/mol. The molecule has 1 aliphatic heterocycles. The lowest BCUT2D eigenvalue weighted by Crippen LogP contribution is -2.46. The molecule has 5 nitrogen and oxygen atoms in total. The highest BCUT2D eigenvalue weighted by Crippen LogP contribution is 2.28. The Balaban J connectivity index is 1.50. The van der Waals surface area contributed by atoms with Crippen LogP contribution in [-0.4, -0.2) is 31.7 Å². The van der Waals surface area contributed by atoms with E-state index in [1.807, 2.05) is 61.5 Å². The van der Waals surface area contributed by atoms with Crippen molar-refractivity contribution >= 4 is 39.1 Å². The first-order valence-electron chi connectivity index (χ1n) is 11.6. The third kappa shape index (κ3) is 6.25. The molecule has 0 radical (unpaired) electrons. The summed E-state index contributed by atoms with van der Waals surface area (Å²) in [6.45, 7) is 2.58. The lowest BCUT2D eigenvalue weighted by Gasteiger charge is -2.32. The van der Waals surface area contributed by atoms with Crippen LogP contribution in [0, 0.1) is 12.8 Å². The number of nitrogens with one attached hydrogen (secondary N) is 1. The zero-order valence-corrected chi connectivity index (χ0v) is 21.8. The number of halogens is 2. The van der Waals surface area contributed by atoms with Crippen LogP contribution in [0.1, 0.15) is 41.1 Å². The van der Waals surface area contributed by atoms with Gasteiger partial charge in [-0.25, -0.2) is 12.7 Å². The molecule has 1 fully saturated rings. The first kappa shape index (κ1) is 25.7. The van der Waals surface area contributed by atoms with Gasteiger partial charge >= 0.3 is 0 Å². The number of aryl methyl sites for hydroxylation is 1. The summed E-state index contributed by atoms with van der Waals surface area (Å²) in [5, 5.41) is 3.90. The number of piperidine rings is 1. The first-order chi connectivity index (χ1) is 16.7. The minimum Gasteiger partial charge on any atom is -0.345 e. The Hall–Kier alpha value is -2.38. The number of amides is 1. The summed E-state index contributed by atoms with van der Waals surface area (Å²) in [5.74, 6) is -0.757. The second kappa shape index (κ2) is 11.1. The van der Waals surface area contributed by atoms with Crippen molar-refractivity contribution in [2.24, 2.45) is 5.92 Å². The average molecular weight is 532 g/mol. The van der Waals surface area contributed by atoms with Crippen LogP contribution in [0.25, 0.3) is 0 Å². The summed E-state index contributed by atoms with van der Waals surface area (Å²) in [5.41, 5.74) is 3.65. The Morgan fingerprint density at radius 1 is 1.03 bits per heavy atom. The Kier molecular flexibility index (Phi) is 8.17. The van der Waals surface area contributed by atoms with E-state index in [0.717, 1.165) is 16.7 Å². The van der Waals surface area contributed by atoms with E-state index in [4.69, 9.17) is 23.2 Å². The summed E-state index contributed by atoms with van der Waals surface area (Å²) in [6, 6.07) is 22.3. The van der Waals surface area contributed by atoms with E-state index in [2.05, 4.69) is 5.32 Å². The van der Waals surface area contributed by atoms with E-state index in [-0.39, 0.29) is 24.2 Å². The highest BCUT2D eigenvalue weighted by molar-refractivity contribution is 7.88. The van der Waals surface area contributed by atoms with Crippen molar-refractivity contribution in [3.05, 3.63) is 105 Å². The van der Waals surface area contributed by atoms with Crippen molar-refractivity contribution in [2.45, 2.75) is 31.6 Å². The summed E-state index contributed by atoms with van der Waals surface area (Å²) in [4.78, 5) is 13.4. The van der Waals surface area contributed by atoms with Crippen LogP contribution in [0.15, 0.2) is 72.8 Å². The normalized spacial score (nSPS) is 17.6. The number of benzene rings is 3. The minimum atomic E-state index is -3.62. The highest BCUT2D eigenvalue weighted by atomic mass is 35.5. The number of nitrogens with zero attached hydrogens (tertiary/aromatic N) is 1. The zero-order chi connectivity index (χ0) is 25.0.